The van der Waals surface area contributed by atoms with Gasteiger partial charge in [0.15, 0.2) is 5.78 Å². The minimum absolute atomic E-state index is 0.0127. The molecule has 2 aromatic rings. The Bertz CT molecular complexity index is 1190. The molecule has 1 atom stereocenters. The van der Waals surface area contributed by atoms with Gasteiger partial charge in [0.1, 0.15) is 0 Å². The number of amides is 2. The first-order chi connectivity index (χ1) is 18.2. The molecule has 38 heavy (non-hydrogen) atoms. The molecule has 7 nitrogen and oxygen atoms in total. The van der Waals surface area contributed by atoms with Crippen LogP contribution in [0.3, 0.4) is 0 Å². The van der Waals surface area contributed by atoms with Crippen molar-refractivity contribution in [3.05, 3.63) is 59.9 Å². The number of aromatic nitrogens is 1. The minimum Gasteiger partial charge on any atom is -0.317 e. The third-order valence-electron chi connectivity index (χ3n) is 9.27. The number of nitrogens with zero attached hydrogens (tertiary/aromatic N) is 4. The molecule has 204 valence electrons. The molecule has 2 aliphatic carbocycles. The third kappa shape index (κ3) is 5.17. The number of carbonyl (C=O) groups excluding carboxylic acids is 2. The van der Waals surface area contributed by atoms with Gasteiger partial charge >= 0.3 is 6.03 Å². The molecule has 1 unspecified atom stereocenters. The summed E-state index contributed by atoms with van der Waals surface area (Å²) in [6.07, 6.45) is 10.8. The van der Waals surface area contributed by atoms with Crippen molar-refractivity contribution in [2.75, 3.05) is 40.0 Å². The molecule has 1 aromatic carbocycles. The van der Waals surface area contributed by atoms with Crippen molar-refractivity contribution in [3.63, 3.8) is 0 Å². The topological polar surface area (TPSA) is 73.8 Å². The second kappa shape index (κ2) is 10.9. The van der Waals surface area contributed by atoms with E-state index in [0.29, 0.717) is 23.1 Å². The van der Waals surface area contributed by atoms with Crippen LogP contribution in [0.1, 0.15) is 56.2 Å². The van der Waals surface area contributed by atoms with Gasteiger partial charge in [0.2, 0.25) is 0 Å². The van der Waals surface area contributed by atoms with Crippen LogP contribution in [-0.2, 0) is 27.6 Å². The number of urea groups is 1. The molecule has 3 aliphatic rings. The summed E-state index contributed by atoms with van der Waals surface area (Å²) in [5, 5.41) is 0. The SMILES string of the molecule is CN(C)C1(c2ccccc2)CCC2(CC1)CN(CC(=O)Cc1cc(S(C)=O)ccn1)C(=O)N2CC1CCC1. The van der Waals surface area contributed by atoms with Gasteiger partial charge in [-0.15, -0.1) is 0 Å². The number of carbonyl (C=O) groups is 2. The molecular weight excluding hydrogens is 496 g/mol. The van der Waals surface area contributed by atoms with Gasteiger partial charge in [-0.05, 0) is 76.2 Å². The van der Waals surface area contributed by atoms with Crippen LogP contribution in [0.2, 0.25) is 0 Å². The van der Waals surface area contributed by atoms with E-state index in [1.54, 1.807) is 29.5 Å². The fraction of sp³-hybridized carbons (Fsp3) is 0.567. The number of hydrogen-bond acceptors (Lipinski definition) is 5. The number of Topliss-reactive ketones (excluding diaryl/α,β-unsaturated/α-hetero) is 1. The highest BCUT2D eigenvalue weighted by Crippen LogP contribution is 2.49. The van der Waals surface area contributed by atoms with Crippen LogP contribution in [0.25, 0.3) is 0 Å². The average molecular weight is 537 g/mol. The summed E-state index contributed by atoms with van der Waals surface area (Å²) in [7, 11) is 3.20. The molecule has 2 saturated carbocycles. The zero-order valence-corrected chi connectivity index (χ0v) is 23.7. The Labute approximate surface area is 229 Å². The van der Waals surface area contributed by atoms with Crippen molar-refractivity contribution in [1.82, 2.24) is 19.7 Å². The van der Waals surface area contributed by atoms with Gasteiger partial charge in [-0.2, -0.15) is 0 Å². The summed E-state index contributed by atoms with van der Waals surface area (Å²) >= 11 is 0. The number of benzene rings is 1. The molecule has 1 spiro atoms. The van der Waals surface area contributed by atoms with Crippen LogP contribution >= 0.6 is 0 Å². The van der Waals surface area contributed by atoms with E-state index in [0.717, 1.165) is 32.2 Å². The molecule has 8 heteroatoms. The lowest BCUT2D eigenvalue weighted by Gasteiger charge is -2.51. The average Bonchev–Trinajstić information content (AvgIpc) is 3.12. The van der Waals surface area contributed by atoms with Gasteiger partial charge in [0.05, 0.1) is 18.5 Å². The van der Waals surface area contributed by atoms with E-state index in [4.69, 9.17) is 0 Å². The zero-order valence-electron chi connectivity index (χ0n) is 22.9. The van der Waals surface area contributed by atoms with E-state index in [9.17, 15) is 13.8 Å². The minimum atomic E-state index is -1.13. The lowest BCUT2D eigenvalue weighted by molar-refractivity contribution is -0.119. The molecule has 2 amide bonds. The van der Waals surface area contributed by atoms with Crippen LogP contribution < -0.4 is 0 Å². The predicted octanol–water partition coefficient (Wildman–Crippen LogP) is 4.24. The summed E-state index contributed by atoms with van der Waals surface area (Å²) < 4.78 is 11.8. The van der Waals surface area contributed by atoms with Gasteiger partial charge < -0.3 is 9.80 Å². The van der Waals surface area contributed by atoms with E-state index in [-0.39, 0.29) is 35.9 Å². The maximum Gasteiger partial charge on any atom is 0.321 e. The molecule has 1 aliphatic heterocycles. The van der Waals surface area contributed by atoms with Gasteiger partial charge in [0, 0.05) is 52.5 Å². The molecule has 0 bridgehead atoms. The summed E-state index contributed by atoms with van der Waals surface area (Å²) in [5.41, 5.74) is 1.67. The first kappa shape index (κ1) is 27.0. The summed E-state index contributed by atoms with van der Waals surface area (Å²) in [6.45, 7) is 1.51. The van der Waals surface area contributed by atoms with Gasteiger partial charge in [-0.3, -0.25) is 18.9 Å². The monoisotopic (exact) mass is 536 g/mol. The lowest BCUT2D eigenvalue weighted by Crippen LogP contribution is -2.56. The van der Waals surface area contributed by atoms with Crippen LogP contribution in [-0.4, -0.2) is 81.2 Å². The van der Waals surface area contributed by atoms with Gasteiger partial charge in [0.25, 0.3) is 0 Å². The Morgan fingerprint density at radius 3 is 2.42 bits per heavy atom. The van der Waals surface area contributed by atoms with Crippen molar-refractivity contribution in [2.45, 2.75) is 67.3 Å². The lowest BCUT2D eigenvalue weighted by atomic mass is 9.68. The van der Waals surface area contributed by atoms with Crippen LogP contribution in [0.4, 0.5) is 4.79 Å². The summed E-state index contributed by atoms with van der Waals surface area (Å²) in [6, 6.07) is 14.2. The largest absolute Gasteiger partial charge is 0.321 e. The number of rotatable bonds is 9. The zero-order chi connectivity index (χ0) is 26.9. The standard InChI is InChI=1S/C30H40N4O3S/c1-32(2)30(24-10-5-4-6-11-24)15-13-29(14-16-30)22-33(28(36)34(29)20-23-8-7-9-23)21-26(35)18-25-19-27(38(3)37)12-17-31-25/h4-6,10-12,17,19,23H,7-9,13-16,18,20-22H2,1-3H3. The first-order valence-corrected chi connectivity index (χ1v) is 15.4. The fourth-order valence-electron chi connectivity index (χ4n) is 6.71. The molecule has 1 aromatic heterocycles. The maximum atomic E-state index is 13.8. The normalized spacial score (nSPS) is 26.7. The fourth-order valence-corrected chi connectivity index (χ4v) is 7.27. The van der Waals surface area contributed by atoms with E-state index in [1.807, 2.05) is 0 Å². The highest BCUT2D eigenvalue weighted by atomic mass is 32.2. The van der Waals surface area contributed by atoms with Crippen molar-refractivity contribution in [3.8, 4) is 0 Å². The third-order valence-corrected chi connectivity index (χ3v) is 10.2. The number of pyridine rings is 1. The highest BCUT2D eigenvalue weighted by molar-refractivity contribution is 7.84. The molecular formula is C30H40N4O3S. The van der Waals surface area contributed by atoms with Crippen molar-refractivity contribution in [2.24, 2.45) is 5.92 Å². The van der Waals surface area contributed by atoms with Crippen LogP contribution in [0, 0.1) is 5.92 Å². The quantitative estimate of drug-likeness (QED) is 0.479. The first-order valence-electron chi connectivity index (χ1n) is 13.8. The second-order valence-corrected chi connectivity index (χ2v) is 13.1. The second-order valence-electron chi connectivity index (χ2n) is 11.7. The van der Waals surface area contributed by atoms with Crippen molar-refractivity contribution in [1.29, 1.82) is 0 Å². The number of ketones is 1. The van der Waals surface area contributed by atoms with E-state index < -0.39 is 10.8 Å². The Morgan fingerprint density at radius 1 is 1.11 bits per heavy atom. The molecule has 0 N–H and O–H groups in total. The Kier molecular flexibility index (Phi) is 7.74. The Balaban J connectivity index is 1.33. The molecule has 3 fully saturated rings. The van der Waals surface area contributed by atoms with Crippen molar-refractivity contribution >= 4 is 22.6 Å². The van der Waals surface area contributed by atoms with Crippen molar-refractivity contribution < 1.29 is 13.8 Å². The van der Waals surface area contributed by atoms with Crippen LogP contribution in [0.15, 0.2) is 53.6 Å². The highest BCUT2D eigenvalue weighted by Gasteiger charge is 2.55. The Morgan fingerprint density at radius 2 is 1.82 bits per heavy atom. The summed E-state index contributed by atoms with van der Waals surface area (Å²) in [4.78, 5) is 38.1. The van der Waals surface area contributed by atoms with E-state index in [2.05, 4.69) is 59.2 Å². The maximum absolute atomic E-state index is 13.8. The van der Waals surface area contributed by atoms with E-state index in [1.165, 1.54) is 24.8 Å². The van der Waals surface area contributed by atoms with Crippen LogP contribution in [0.5, 0.6) is 0 Å². The molecule has 5 rings (SSSR count). The predicted molar refractivity (Wildman–Crippen MR) is 149 cm³/mol. The van der Waals surface area contributed by atoms with E-state index >= 15 is 0 Å². The molecule has 0 radical (unpaired) electrons. The Hall–Kier alpha value is -2.58. The number of hydrogen-bond donors (Lipinski definition) is 0. The summed E-state index contributed by atoms with van der Waals surface area (Å²) in [5.74, 6) is 0.538. The van der Waals surface area contributed by atoms with Gasteiger partial charge in [-0.1, -0.05) is 36.8 Å². The molecule has 1 saturated heterocycles. The smallest absolute Gasteiger partial charge is 0.317 e. The van der Waals surface area contributed by atoms with Gasteiger partial charge in [-0.25, -0.2) is 4.79 Å². The molecule has 2 heterocycles.